The fourth-order valence-corrected chi connectivity index (χ4v) is 4.97. The van der Waals surface area contributed by atoms with Crippen LogP contribution in [0.15, 0.2) is 6.33 Å². The number of rotatable bonds is 5. The normalized spacial score (nSPS) is 25.2. The second kappa shape index (κ2) is 8.44. The van der Waals surface area contributed by atoms with Crippen molar-refractivity contribution in [3.05, 3.63) is 6.33 Å². The first-order valence-corrected chi connectivity index (χ1v) is 11.1. The largest absolute Gasteiger partial charge is 0.366 e. The molecule has 3 heterocycles. The zero-order valence-corrected chi connectivity index (χ0v) is 18.0. The molecule has 3 N–H and O–H groups in total. The molecule has 1 aromatic heterocycles. The summed E-state index contributed by atoms with van der Waals surface area (Å²) in [5.41, 5.74) is 0.850. The third-order valence-corrected chi connectivity index (χ3v) is 6.88. The van der Waals surface area contributed by atoms with Gasteiger partial charge >= 0.3 is 0 Å². The van der Waals surface area contributed by atoms with Gasteiger partial charge in [-0.25, -0.2) is 9.97 Å². The molecule has 2 fully saturated rings. The lowest BCUT2D eigenvalue weighted by molar-refractivity contribution is -0.117. The Balaban J connectivity index is 1.51. The van der Waals surface area contributed by atoms with E-state index in [-0.39, 0.29) is 23.4 Å². The van der Waals surface area contributed by atoms with E-state index in [1.165, 1.54) is 32.1 Å². The predicted octanol–water partition coefficient (Wildman–Crippen LogP) is 2.23. The second-order valence-electron chi connectivity index (χ2n) is 9.23. The number of carbonyl (C=O) groups excluding carboxylic acids is 1. The molecular formula is C21H35N7O. The van der Waals surface area contributed by atoms with Crippen LogP contribution in [0, 0.1) is 5.92 Å². The minimum Gasteiger partial charge on any atom is -0.366 e. The first kappa shape index (κ1) is 20.3. The number of anilines is 3. The number of hydrogen-bond acceptors (Lipinski definition) is 7. The Bertz CT molecular complexity index is 724. The zero-order chi connectivity index (χ0) is 20.4. The number of aromatic nitrogens is 2. The summed E-state index contributed by atoms with van der Waals surface area (Å²) in [6, 6.07) is -0.264. The summed E-state index contributed by atoms with van der Waals surface area (Å²) in [6.07, 6.45) is 7.91. The van der Waals surface area contributed by atoms with Gasteiger partial charge < -0.3 is 20.9 Å². The van der Waals surface area contributed by atoms with Gasteiger partial charge in [0.15, 0.2) is 11.6 Å². The van der Waals surface area contributed by atoms with Gasteiger partial charge in [-0.3, -0.25) is 9.69 Å². The van der Waals surface area contributed by atoms with E-state index in [9.17, 15) is 4.79 Å². The van der Waals surface area contributed by atoms with Crippen molar-refractivity contribution in [2.75, 3.05) is 55.7 Å². The minimum atomic E-state index is -0.264. The molecule has 1 saturated heterocycles. The average Bonchev–Trinajstić information content (AvgIpc) is 2.73. The van der Waals surface area contributed by atoms with Crippen molar-refractivity contribution in [3.63, 3.8) is 0 Å². The molecule has 1 aromatic rings. The summed E-state index contributed by atoms with van der Waals surface area (Å²) >= 11 is 0. The summed E-state index contributed by atoms with van der Waals surface area (Å²) in [7, 11) is 2.20. The van der Waals surface area contributed by atoms with Crippen molar-refractivity contribution in [1.82, 2.24) is 19.8 Å². The number of hydrogen-bond donors (Lipinski definition) is 3. The van der Waals surface area contributed by atoms with Crippen molar-refractivity contribution in [3.8, 4) is 0 Å². The van der Waals surface area contributed by atoms with Crippen LogP contribution < -0.4 is 16.0 Å². The van der Waals surface area contributed by atoms with E-state index < -0.39 is 0 Å². The maximum atomic E-state index is 12.5. The minimum absolute atomic E-state index is 0.0169. The Morgan fingerprint density at radius 2 is 1.90 bits per heavy atom. The number of likely N-dealkylation sites (N-methyl/N-ethyl adjacent to an activating group) is 1. The molecule has 8 heteroatoms. The van der Waals surface area contributed by atoms with Crippen LogP contribution in [0.25, 0.3) is 0 Å². The van der Waals surface area contributed by atoms with E-state index in [1.54, 1.807) is 6.33 Å². The van der Waals surface area contributed by atoms with Gasteiger partial charge in [-0.05, 0) is 25.8 Å². The molecule has 8 nitrogen and oxygen atoms in total. The number of piperazine rings is 1. The lowest BCUT2D eigenvalue weighted by atomic mass is 9.79. The van der Waals surface area contributed by atoms with E-state index in [0.717, 1.165) is 38.5 Å². The Hall–Kier alpha value is -1.93. The highest BCUT2D eigenvalue weighted by atomic mass is 16.2. The fraction of sp³-hybridized carbons (Fsp3) is 0.762. The average molecular weight is 402 g/mol. The van der Waals surface area contributed by atoms with Gasteiger partial charge in [-0.1, -0.05) is 33.1 Å². The number of carbonyl (C=O) groups is 1. The van der Waals surface area contributed by atoms with Crippen LogP contribution in [0.4, 0.5) is 17.3 Å². The third-order valence-electron chi connectivity index (χ3n) is 6.88. The maximum absolute atomic E-state index is 12.5. The van der Waals surface area contributed by atoms with Gasteiger partial charge in [0.25, 0.3) is 0 Å². The molecule has 1 atom stereocenters. The number of nitrogens with zero attached hydrogens (tertiary/aromatic N) is 4. The molecule has 29 heavy (non-hydrogen) atoms. The molecule has 2 aliphatic heterocycles. The fourth-order valence-electron chi connectivity index (χ4n) is 4.97. The summed E-state index contributed by atoms with van der Waals surface area (Å²) < 4.78 is 0. The van der Waals surface area contributed by atoms with Crippen LogP contribution in [-0.4, -0.2) is 77.0 Å². The number of nitrogens with one attached hydrogen (secondary N) is 3. The lowest BCUT2D eigenvalue weighted by Gasteiger charge is -2.49. The quantitative estimate of drug-likeness (QED) is 0.698. The monoisotopic (exact) mass is 401 g/mol. The molecule has 1 aliphatic carbocycles. The predicted molar refractivity (Wildman–Crippen MR) is 116 cm³/mol. The highest BCUT2D eigenvalue weighted by Crippen LogP contribution is 2.37. The van der Waals surface area contributed by atoms with Crippen molar-refractivity contribution in [2.45, 2.75) is 57.5 Å². The van der Waals surface area contributed by atoms with Crippen molar-refractivity contribution in [1.29, 1.82) is 0 Å². The summed E-state index contributed by atoms with van der Waals surface area (Å²) in [6.45, 7) is 9.41. The van der Waals surface area contributed by atoms with Gasteiger partial charge in [-0.15, -0.1) is 0 Å². The van der Waals surface area contributed by atoms with E-state index in [2.05, 4.69) is 42.8 Å². The Labute approximate surface area is 173 Å². The molecule has 0 aromatic carbocycles. The van der Waals surface area contributed by atoms with E-state index in [0.29, 0.717) is 11.5 Å². The van der Waals surface area contributed by atoms with Gasteiger partial charge in [0.1, 0.15) is 18.1 Å². The van der Waals surface area contributed by atoms with Crippen molar-refractivity contribution < 1.29 is 4.79 Å². The molecule has 1 unspecified atom stereocenters. The van der Waals surface area contributed by atoms with Gasteiger partial charge in [0.2, 0.25) is 5.91 Å². The Morgan fingerprint density at radius 1 is 1.17 bits per heavy atom. The van der Waals surface area contributed by atoms with Gasteiger partial charge in [-0.2, -0.15) is 0 Å². The van der Waals surface area contributed by atoms with Crippen LogP contribution in [-0.2, 0) is 4.79 Å². The molecule has 3 aliphatic rings. The molecule has 0 spiro atoms. The van der Waals surface area contributed by atoms with E-state index >= 15 is 0 Å². The first-order chi connectivity index (χ1) is 14.0. The Kier molecular flexibility index (Phi) is 5.92. The molecule has 160 valence electrons. The third kappa shape index (κ3) is 4.19. The van der Waals surface area contributed by atoms with Gasteiger partial charge in [0, 0.05) is 38.3 Å². The summed E-state index contributed by atoms with van der Waals surface area (Å²) in [4.78, 5) is 26.5. The van der Waals surface area contributed by atoms with Crippen molar-refractivity contribution in [2.24, 2.45) is 5.92 Å². The molecule has 0 radical (unpaired) electrons. The summed E-state index contributed by atoms with van der Waals surface area (Å²) in [5, 5.41) is 9.91. The van der Waals surface area contributed by atoms with Crippen LogP contribution in [0.5, 0.6) is 0 Å². The molecule has 0 bridgehead atoms. The molecule has 1 saturated carbocycles. The standard InChI is InChI=1S/C21H35N7O/c1-15(2)16-20(29)26-17-18(23-14-24-19(17)25-16)22-13-21(7-5-4-6-8-21)28-11-9-27(3)10-12-28/h14-16H,4-13H2,1-3H3,(H,26,29)(H2,22,23,24,25). The van der Waals surface area contributed by atoms with Crippen molar-refractivity contribution >= 4 is 23.2 Å². The smallest absolute Gasteiger partial charge is 0.247 e. The number of fused-ring (bicyclic) bond motifs is 1. The zero-order valence-electron chi connectivity index (χ0n) is 18.0. The van der Waals surface area contributed by atoms with Gasteiger partial charge in [0.05, 0.1) is 0 Å². The SMILES string of the molecule is CC(C)C1Nc2ncnc(NCC3(N4CCN(C)CC4)CCCCC3)c2NC1=O. The molecule has 4 rings (SSSR count). The topological polar surface area (TPSA) is 85.4 Å². The van der Waals surface area contributed by atoms with Crippen LogP contribution in [0.2, 0.25) is 0 Å². The Morgan fingerprint density at radius 3 is 2.59 bits per heavy atom. The van der Waals surface area contributed by atoms with Crippen LogP contribution in [0.1, 0.15) is 46.0 Å². The lowest BCUT2D eigenvalue weighted by Crippen LogP contribution is -2.60. The maximum Gasteiger partial charge on any atom is 0.247 e. The van der Waals surface area contributed by atoms with Crippen LogP contribution >= 0.6 is 0 Å². The highest BCUT2D eigenvalue weighted by molar-refractivity contribution is 6.05. The number of amides is 1. The molecule has 1 amide bonds. The van der Waals surface area contributed by atoms with E-state index in [4.69, 9.17) is 0 Å². The van der Waals surface area contributed by atoms with Crippen LogP contribution in [0.3, 0.4) is 0 Å². The first-order valence-electron chi connectivity index (χ1n) is 11.1. The molecular weight excluding hydrogens is 366 g/mol. The highest BCUT2D eigenvalue weighted by Gasteiger charge is 2.39. The van der Waals surface area contributed by atoms with E-state index in [1.807, 2.05) is 13.8 Å². The summed E-state index contributed by atoms with van der Waals surface area (Å²) in [5.74, 6) is 1.60. The second-order valence-corrected chi connectivity index (χ2v) is 9.23.